The Bertz CT molecular complexity index is 630. The van der Waals surface area contributed by atoms with E-state index in [4.69, 9.17) is 0 Å². The minimum Gasteiger partial charge on any atom is -0.353 e. The molecule has 3 fully saturated rings. The van der Waals surface area contributed by atoms with Gasteiger partial charge in [-0.2, -0.15) is 0 Å². The zero-order valence-corrected chi connectivity index (χ0v) is 18.0. The third kappa shape index (κ3) is 4.81. The highest BCUT2D eigenvalue weighted by atomic mass is 16.2. The molecule has 3 rings (SSSR count). The fraction of sp³-hybridized carbons (Fsp3) is 0.818. The van der Waals surface area contributed by atoms with Crippen molar-refractivity contribution in [3.05, 3.63) is 0 Å². The average Bonchev–Trinajstić information content (AvgIpc) is 2.96. The van der Waals surface area contributed by atoms with E-state index in [1.807, 2.05) is 6.92 Å². The van der Waals surface area contributed by atoms with E-state index in [2.05, 4.69) is 19.2 Å². The summed E-state index contributed by atoms with van der Waals surface area (Å²) < 4.78 is 0. The van der Waals surface area contributed by atoms with Gasteiger partial charge >= 0.3 is 0 Å². The van der Waals surface area contributed by atoms with Crippen molar-refractivity contribution in [2.45, 2.75) is 71.8 Å². The molecule has 0 spiro atoms. The summed E-state index contributed by atoms with van der Waals surface area (Å²) in [4.78, 5) is 53.1. The Morgan fingerprint density at radius 2 is 1.52 bits per heavy atom. The molecule has 29 heavy (non-hydrogen) atoms. The summed E-state index contributed by atoms with van der Waals surface area (Å²) in [5.41, 5.74) is 0. The van der Waals surface area contributed by atoms with Crippen LogP contribution in [-0.4, -0.2) is 59.1 Å². The number of rotatable bonds is 6. The molecule has 7 heteroatoms. The largest absolute Gasteiger partial charge is 0.353 e. The second kappa shape index (κ2) is 9.26. The first-order valence-electron chi connectivity index (χ1n) is 11.2. The zero-order valence-electron chi connectivity index (χ0n) is 18.0. The van der Waals surface area contributed by atoms with Crippen molar-refractivity contribution >= 4 is 23.6 Å². The smallest absolute Gasteiger partial charge is 0.233 e. The standard InChI is InChI=1S/C22H35N3O4/c1-14(2)15(3)23-20(27)16-8-11-24(12-9-16)19(26)10-13-25-21(28)17-6-4-5-7-18(17)22(25)29/h14-18H,4-13H2,1-3H3,(H,23,27). The van der Waals surface area contributed by atoms with Crippen LogP contribution in [0.1, 0.15) is 65.7 Å². The molecule has 2 saturated heterocycles. The molecule has 0 aromatic carbocycles. The first-order chi connectivity index (χ1) is 13.8. The Balaban J connectivity index is 1.44. The first-order valence-corrected chi connectivity index (χ1v) is 11.2. The quantitative estimate of drug-likeness (QED) is 0.685. The number of carbonyl (C=O) groups excluding carboxylic acids is 4. The lowest BCUT2D eigenvalue weighted by molar-refractivity contribution is -0.141. The Kier molecular flexibility index (Phi) is 6.96. The number of likely N-dealkylation sites (tertiary alicyclic amines) is 2. The van der Waals surface area contributed by atoms with Crippen LogP contribution in [0.5, 0.6) is 0 Å². The SMILES string of the molecule is CC(C)C(C)NC(=O)C1CCN(C(=O)CCN2C(=O)C3CCCCC3C2=O)CC1. The number of amides is 4. The van der Waals surface area contributed by atoms with E-state index in [0.29, 0.717) is 31.8 Å². The summed E-state index contributed by atoms with van der Waals surface area (Å²) in [5, 5.41) is 3.07. The molecule has 4 amide bonds. The fourth-order valence-corrected chi connectivity index (χ4v) is 4.72. The lowest BCUT2D eigenvalue weighted by atomic mass is 9.81. The molecule has 3 aliphatic rings. The molecule has 1 aliphatic carbocycles. The van der Waals surface area contributed by atoms with Crippen LogP contribution in [-0.2, 0) is 19.2 Å². The molecule has 7 nitrogen and oxygen atoms in total. The average molecular weight is 406 g/mol. The summed E-state index contributed by atoms with van der Waals surface area (Å²) in [5.74, 6) is -0.0957. The number of hydrogen-bond donors (Lipinski definition) is 1. The molecule has 3 unspecified atom stereocenters. The van der Waals surface area contributed by atoms with Crippen LogP contribution < -0.4 is 5.32 Å². The molecule has 162 valence electrons. The molecule has 0 aromatic rings. The second-order valence-electron chi connectivity index (χ2n) is 9.27. The van der Waals surface area contributed by atoms with E-state index in [1.165, 1.54) is 4.90 Å². The first kappa shape index (κ1) is 21.8. The summed E-state index contributed by atoms with van der Waals surface area (Å²) in [6, 6.07) is 0.140. The maximum atomic E-state index is 12.6. The van der Waals surface area contributed by atoms with Gasteiger partial charge in [0.1, 0.15) is 0 Å². The van der Waals surface area contributed by atoms with Gasteiger partial charge in [0.05, 0.1) is 11.8 Å². The number of nitrogens with one attached hydrogen (secondary N) is 1. The van der Waals surface area contributed by atoms with E-state index >= 15 is 0 Å². The van der Waals surface area contributed by atoms with Crippen molar-refractivity contribution in [3.8, 4) is 0 Å². The molecule has 2 aliphatic heterocycles. The molecule has 3 atom stereocenters. The number of fused-ring (bicyclic) bond motifs is 1. The highest BCUT2D eigenvalue weighted by Gasteiger charge is 2.47. The molecule has 0 aromatic heterocycles. The van der Waals surface area contributed by atoms with Crippen LogP contribution in [0, 0.1) is 23.7 Å². The van der Waals surface area contributed by atoms with E-state index < -0.39 is 0 Å². The van der Waals surface area contributed by atoms with Gasteiger partial charge < -0.3 is 10.2 Å². The van der Waals surface area contributed by atoms with Gasteiger partial charge in [-0.05, 0) is 38.5 Å². The van der Waals surface area contributed by atoms with Crippen LogP contribution in [0.4, 0.5) is 0 Å². The zero-order chi connectivity index (χ0) is 21.1. The Hall–Kier alpha value is -1.92. The fourth-order valence-electron chi connectivity index (χ4n) is 4.72. The normalized spacial score (nSPS) is 26.6. The molecular weight excluding hydrogens is 370 g/mol. The number of carbonyl (C=O) groups is 4. The summed E-state index contributed by atoms with van der Waals surface area (Å²) in [6.45, 7) is 7.47. The Labute approximate surface area is 173 Å². The van der Waals surface area contributed by atoms with Crippen molar-refractivity contribution in [2.75, 3.05) is 19.6 Å². The molecule has 0 radical (unpaired) electrons. The third-order valence-corrected chi connectivity index (χ3v) is 7.07. The number of nitrogens with zero attached hydrogens (tertiary/aromatic N) is 2. The predicted octanol–water partition coefficient (Wildman–Crippen LogP) is 1.95. The highest BCUT2D eigenvalue weighted by Crippen LogP contribution is 2.38. The summed E-state index contributed by atoms with van der Waals surface area (Å²) in [6.07, 6.45) is 5.10. The summed E-state index contributed by atoms with van der Waals surface area (Å²) in [7, 11) is 0. The maximum absolute atomic E-state index is 12.6. The van der Waals surface area contributed by atoms with E-state index in [-0.39, 0.29) is 60.4 Å². The number of imide groups is 1. The van der Waals surface area contributed by atoms with Crippen LogP contribution in [0.2, 0.25) is 0 Å². The Morgan fingerprint density at radius 3 is 2.03 bits per heavy atom. The molecule has 0 bridgehead atoms. The van der Waals surface area contributed by atoms with Crippen molar-refractivity contribution in [2.24, 2.45) is 23.7 Å². The van der Waals surface area contributed by atoms with Gasteiger partial charge in [-0.15, -0.1) is 0 Å². The van der Waals surface area contributed by atoms with Crippen LogP contribution in [0.25, 0.3) is 0 Å². The lowest BCUT2D eigenvalue weighted by Gasteiger charge is -2.32. The summed E-state index contributed by atoms with van der Waals surface area (Å²) >= 11 is 0. The lowest BCUT2D eigenvalue weighted by Crippen LogP contribution is -2.46. The van der Waals surface area contributed by atoms with Crippen LogP contribution in [0.15, 0.2) is 0 Å². The van der Waals surface area contributed by atoms with Gasteiger partial charge in [0.25, 0.3) is 0 Å². The minimum absolute atomic E-state index is 0.0325. The van der Waals surface area contributed by atoms with Gasteiger partial charge in [-0.25, -0.2) is 0 Å². The van der Waals surface area contributed by atoms with Crippen molar-refractivity contribution in [1.82, 2.24) is 15.1 Å². The molecule has 1 saturated carbocycles. The number of hydrogen-bond acceptors (Lipinski definition) is 4. The minimum atomic E-state index is -0.158. The monoisotopic (exact) mass is 405 g/mol. The van der Waals surface area contributed by atoms with Crippen molar-refractivity contribution < 1.29 is 19.2 Å². The third-order valence-electron chi connectivity index (χ3n) is 7.07. The number of piperidine rings is 1. The van der Waals surface area contributed by atoms with Gasteiger partial charge in [-0.1, -0.05) is 26.7 Å². The van der Waals surface area contributed by atoms with Gasteiger partial charge in [0.2, 0.25) is 23.6 Å². The van der Waals surface area contributed by atoms with E-state index in [0.717, 1.165) is 25.7 Å². The van der Waals surface area contributed by atoms with Gasteiger partial charge in [-0.3, -0.25) is 24.1 Å². The maximum Gasteiger partial charge on any atom is 0.233 e. The van der Waals surface area contributed by atoms with E-state index in [1.54, 1.807) is 4.90 Å². The molecular formula is C22H35N3O4. The van der Waals surface area contributed by atoms with Gasteiger partial charge in [0, 0.05) is 38.0 Å². The highest BCUT2D eigenvalue weighted by molar-refractivity contribution is 6.05. The van der Waals surface area contributed by atoms with Crippen LogP contribution >= 0.6 is 0 Å². The van der Waals surface area contributed by atoms with Gasteiger partial charge in [0.15, 0.2) is 0 Å². The second-order valence-corrected chi connectivity index (χ2v) is 9.27. The van der Waals surface area contributed by atoms with Crippen LogP contribution in [0.3, 0.4) is 0 Å². The Morgan fingerprint density at radius 1 is 0.966 bits per heavy atom. The molecule has 2 heterocycles. The predicted molar refractivity (Wildman–Crippen MR) is 109 cm³/mol. The topological polar surface area (TPSA) is 86.8 Å². The van der Waals surface area contributed by atoms with Crippen molar-refractivity contribution in [3.63, 3.8) is 0 Å². The van der Waals surface area contributed by atoms with Crippen molar-refractivity contribution in [1.29, 1.82) is 0 Å². The van der Waals surface area contributed by atoms with E-state index in [9.17, 15) is 19.2 Å². The molecule has 1 N–H and O–H groups in total.